The van der Waals surface area contributed by atoms with Crippen LogP contribution in [0.15, 0.2) is 182 Å². The van der Waals surface area contributed by atoms with E-state index in [2.05, 4.69) is 191 Å². The zero-order chi connectivity index (χ0) is 44.2. The molecular formula is C59H49N4OPt-. The van der Waals surface area contributed by atoms with E-state index in [0.717, 1.165) is 72.6 Å². The van der Waals surface area contributed by atoms with Crippen molar-refractivity contribution in [3.63, 3.8) is 0 Å². The number of hydrogen-bond donors (Lipinski definition) is 1. The van der Waals surface area contributed by atoms with E-state index in [1.807, 2.05) is 36.7 Å². The summed E-state index contributed by atoms with van der Waals surface area (Å²) < 4.78 is 2.38. The third-order valence-electron chi connectivity index (χ3n) is 12.2. The molecule has 0 radical (unpaired) electrons. The quantitative estimate of drug-likeness (QED) is 0.162. The molecule has 0 spiro atoms. The van der Waals surface area contributed by atoms with E-state index in [4.69, 9.17) is 9.97 Å². The van der Waals surface area contributed by atoms with Crippen molar-refractivity contribution >= 4 is 21.8 Å². The molecule has 0 fully saturated rings. The van der Waals surface area contributed by atoms with Crippen LogP contribution in [0.5, 0.6) is 5.75 Å². The number of benzene rings is 6. The van der Waals surface area contributed by atoms with Crippen LogP contribution in [0.1, 0.15) is 52.7 Å². The smallest absolute Gasteiger partial charge is 0.124 e. The number of para-hydroxylation sites is 3. The molecule has 1 N–H and O–H groups in total. The van der Waals surface area contributed by atoms with Gasteiger partial charge in [-0.15, -0.1) is 24.3 Å². The zero-order valence-electron chi connectivity index (χ0n) is 37.4. The molecule has 10 rings (SSSR count). The second kappa shape index (κ2) is 17.2. The van der Waals surface area contributed by atoms with Gasteiger partial charge in [-0.1, -0.05) is 150 Å². The fourth-order valence-electron chi connectivity index (χ4n) is 8.69. The minimum Gasteiger partial charge on any atom is -0.507 e. The van der Waals surface area contributed by atoms with Crippen molar-refractivity contribution in [3.8, 4) is 78.6 Å². The summed E-state index contributed by atoms with van der Waals surface area (Å²) in [7, 11) is 0. The summed E-state index contributed by atoms with van der Waals surface area (Å²) in [5.41, 5.74) is 16.9. The minimum absolute atomic E-state index is 0. The molecule has 322 valence electrons. The number of aromatic hydroxyl groups is 1. The standard InChI is InChI=1S/C59H49N4O.Pt/c1-58(2,3)45-31-43(32-46(36-45)59(4,5)6)44-34-53(62-54(35-44)51-18-8-10-22-56(51)64)41-15-11-14-40(30-41)52-33-39(27-29-61-52)48-19-12-20-50-49-17-7-9-21-55(49)63(57(48)50)47-25-23-38(24-26-47)42-16-13-28-60-37-42;/h7-29,31-37,64H,1-6H3;/q-1;. The Morgan fingerprint density at radius 3 is 1.85 bits per heavy atom. The average Bonchev–Trinajstić information content (AvgIpc) is 3.66. The molecule has 0 amide bonds. The zero-order valence-corrected chi connectivity index (χ0v) is 39.6. The third kappa shape index (κ3) is 8.45. The predicted octanol–water partition coefficient (Wildman–Crippen LogP) is 15.1. The summed E-state index contributed by atoms with van der Waals surface area (Å²) >= 11 is 0. The first kappa shape index (κ1) is 43.3. The first-order valence-corrected chi connectivity index (χ1v) is 21.9. The number of rotatable bonds is 7. The third-order valence-corrected chi connectivity index (χ3v) is 12.2. The summed E-state index contributed by atoms with van der Waals surface area (Å²) in [6, 6.07) is 60.7. The molecule has 6 heteroatoms. The van der Waals surface area contributed by atoms with E-state index in [9.17, 15) is 5.11 Å². The number of phenols is 1. The van der Waals surface area contributed by atoms with Gasteiger partial charge in [0.25, 0.3) is 0 Å². The second-order valence-electron chi connectivity index (χ2n) is 18.7. The van der Waals surface area contributed by atoms with E-state index >= 15 is 0 Å². The number of pyridine rings is 3. The van der Waals surface area contributed by atoms with Crippen molar-refractivity contribution in [2.45, 2.75) is 52.4 Å². The van der Waals surface area contributed by atoms with Crippen LogP contribution in [-0.4, -0.2) is 24.6 Å². The molecule has 0 aliphatic heterocycles. The van der Waals surface area contributed by atoms with Crippen LogP contribution in [0.2, 0.25) is 0 Å². The maximum Gasteiger partial charge on any atom is 0.124 e. The molecule has 0 aliphatic rings. The van der Waals surface area contributed by atoms with Gasteiger partial charge in [-0.2, -0.15) is 0 Å². The second-order valence-corrected chi connectivity index (χ2v) is 18.7. The normalized spacial score (nSPS) is 11.8. The van der Waals surface area contributed by atoms with Gasteiger partial charge in [0.1, 0.15) is 5.75 Å². The van der Waals surface area contributed by atoms with Gasteiger partial charge in [-0.25, -0.2) is 0 Å². The van der Waals surface area contributed by atoms with E-state index in [1.165, 1.54) is 21.9 Å². The predicted molar refractivity (Wildman–Crippen MR) is 265 cm³/mol. The molecule has 0 saturated carbocycles. The Kier molecular flexibility index (Phi) is 11.5. The van der Waals surface area contributed by atoms with Gasteiger partial charge in [0, 0.05) is 78.6 Å². The molecular weight excluding hydrogens is 976 g/mol. The van der Waals surface area contributed by atoms with Crippen molar-refractivity contribution in [2.75, 3.05) is 0 Å². The Labute approximate surface area is 395 Å². The molecule has 6 aromatic carbocycles. The van der Waals surface area contributed by atoms with Gasteiger partial charge in [-0.3, -0.25) is 15.0 Å². The van der Waals surface area contributed by atoms with Gasteiger partial charge >= 0.3 is 0 Å². The summed E-state index contributed by atoms with van der Waals surface area (Å²) in [4.78, 5) is 14.5. The molecule has 0 aliphatic carbocycles. The van der Waals surface area contributed by atoms with E-state index in [1.54, 1.807) is 12.3 Å². The molecule has 65 heavy (non-hydrogen) atoms. The van der Waals surface area contributed by atoms with Crippen LogP contribution >= 0.6 is 0 Å². The van der Waals surface area contributed by atoms with Crippen LogP contribution in [0.3, 0.4) is 0 Å². The Morgan fingerprint density at radius 1 is 0.492 bits per heavy atom. The minimum atomic E-state index is -0.0512. The van der Waals surface area contributed by atoms with Crippen LogP contribution in [0.25, 0.3) is 94.6 Å². The van der Waals surface area contributed by atoms with Gasteiger partial charge in [0.15, 0.2) is 0 Å². The van der Waals surface area contributed by atoms with Gasteiger partial charge in [0.2, 0.25) is 0 Å². The molecule has 0 atom stereocenters. The summed E-state index contributed by atoms with van der Waals surface area (Å²) in [5.74, 6) is 0.187. The maximum absolute atomic E-state index is 11.1. The number of hydrogen-bond acceptors (Lipinski definition) is 4. The number of fused-ring (bicyclic) bond motifs is 3. The average molecular weight is 1030 g/mol. The monoisotopic (exact) mass is 1020 g/mol. The van der Waals surface area contributed by atoms with E-state index < -0.39 is 0 Å². The summed E-state index contributed by atoms with van der Waals surface area (Å²) in [5, 5.41) is 13.5. The van der Waals surface area contributed by atoms with E-state index in [-0.39, 0.29) is 37.6 Å². The molecule has 10 aromatic rings. The SMILES string of the molecule is CC(C)(C)c1cc(-c2cc(-c3[c-]c(-c4cc(-c5cccc6c7ccccc7n(-c7ccc(-c8cccnc8)cc7)c56)ccn4)ccc3)nc(-c3ccccc3O)c2)cc(C(C)(C)C)c1.[Pt]. The molecule has 0 saturated heterocycles. The molecule has 0 unspecified atom stereocenters. The summed E-state index contributed by atoms with van der Waals surface area (Å²) in [6.07, 6.45) is 5.60. The number of aromatic nitrogens is 4. The first-order valence-electron chi connectivity index (χ1n) is 21.9. The number of phenolic OH excluding ortho intramolecular Hbond substituents is 1. The van der Waals surface area contributed by atoms with Crippen molar-refractivity contribution in [1.82, 2.24) is 19.5 Å². The van der Waals surface area contributed by atoms with Gasteiger partial charge < -0.3 is 9.67 Å². The largest absolute Gasteiger partial charge is 0.507 e. The molecule has 0 bridgehead atoms. The van der Waals surface area contributed by atoms with Crippen molar-refractivity contribution in [2.24, 2.45) is 0 Å². The van der Waals surface area contributed by atoms with Crippen LogP contribution < -0.4 is 0 Å². The van der Waals surface area contributed by atoms with E-state index in [0.29, 0.717) is 11.3 Å². The fourth-order valence-corrected chi connectivity index (χ4v) is 8.69. The van der Waals surface area contributed by atoms with Crippen molar-refractivity contribution in [3.05, 3.63) is 200 Å². The van der Waals surface area contributed by atoms with Crippen molar-refractivity contribution in [1.29, 1.82) is 0 Å². The fraction of sp³-hybridized carbons (Fsp3) is 0.136. The maximum atomic E-state index is 11.1. The molecule has 5 nitrogen and oxygen atoms in total. The Hall–Kier alpha value is -6.94. The number of nitrogens with zero attached hydrogens (tertiary/aromatic N) is 4. The molecule has 4 aromatic heterocycles. The topological polar surface area (TPSA) is 63.8 Å². The summed E-state index contributed by atoms with van der Waals surface area (Å²) in [6.45, 7) is 13.6. The Balaban J connectivity index is 0.00000533. The van der Waals surface area contributed by atoms with Crippen LogP contribution in [0.4, 0.5) is 0 Å². The van der Waals surface area contributed by atoms with Crippen molar-refractivity contribution < 1.29 is 26.2 Å². The first-order chi connectivity index (χ1) is 30.9. The Morgan fingerprint density at radius 2 is 1.12 bits per heavy atom. The van der Waals surface area contributed by atoms with Crippen LogP contribution in [-0.2, 0) is 31.9 Å². The van der Waals surface area contributed by atoms with Gasteiger partial charge in [0.05, 0.1) is 16.7 Å². The Bertz CT molecular complexity index is 3330. The van der Waals surface area contributed by atoms with Gasteiger partial charge in [-0.05, 0) is 98.3 Å². The van der Waals surface area contributed by atoms with Crippen LogP contribution in [0, 0.1) is 6.07 Å². The molecule has 4 heterocycles.